The third-order valence-electron chi connectivity index (χ3n) is 4.51. The molecule has 1 aliphatic heterocycles. The monoisotopic (exact) mass is 267 g/mol. The molecule has 0 amide bonds. The number of aromatic nitrogens is 1. The van der Waals surface area contributed by atoms with Crippen molar-refractivity contribution in [2.45, 2.75) is 25.3 Å². The first-order chi connectivity index (χ1) is 9.90. The summed E-state index contributed by atoms with van der Waals surface area (Å²) in [5, 5.41) is 4.91. The van der Waals surface area contributed by atoms with Crippen LogP contribution in [0.3, 0.4) is 0 Å². The average molecular weight is 267 g/mol. The van der Waals surface area contributed by atoms with Crippen LogP contribution < -0.4 is 10.2 Å². The molecule has 3 heteroatoms. The van der Waals surface area contributed by atoms with Crippen molar-refractivity contribution in [1.82, 2.24) is 10.3 Å². The van der Waals surface area contributed by atoms with Crippen LogP contribution in [-0.2, 0) is 0 Å². The third kappa shape index (κ3) is 2.38. The lowest BCUT2D eigenvalue weighted by molar-refractivity contribution is 0.515. The van der Waals surface area contributed by atoms with Crippen LogP contribution in [0.15, 0.2) is 36.5 Å². The summed E-state index contributed by atoms with van der Waals surface area (Å²) in [6.45, 7) is 3.50. The minimum atomic E-state index is 0.787. The number of pyridine rings is 1. The van der Waals surface area contributed by atoms with Gasteiger partial charge in [0, 0.05) is 30.7 Å². The number of para-hydroxylation sites is 1. The van der Waals surface area contributed by atoms with Gasteiger partial charge in [0.1, 0.15) is 0 Å². The van der Waals surface area contributed by atoms with E-state index in [1.165, 1.54) is 36.9 Å². The fraction of sp³-hybridized carbons (Fsp3) is 0.471. The fourth-order valence-corrected chi connectivity index (χ4v) is 3.18. The Hall–Kier alpha value is -1.61. The van der Waals surface area contributed by atoms with Crippen molar-refractivity contribution >= 4 is 16.6 Å². The lowest BCUT2D eigenvalue weighted by atomic mass is 10.1. The number of benzene rings is 1. The number of nitrogens with zero attached hydrogens (tertiary/aromatic N) is 2. The van der Waals surface area contributed by atoms with E-state index in [2.05, 4.69) is 39.5 Å². The normalized spacial score (nSPS) is 22.6. The van der Waals surface area contributed by atoms with E-state index in [4.69, 9.17) is 0 Å². The summed E-state index contributed by atoms with van der Waals surface area (Å²) in [5.74, 6) is 0.787. The molecule has 1 aromatic heterocycles. The molecule has 1 aromatic carbocycles. The molecule has 4 rings (SSSR count). The number of hydrogen-bond donors (Lipinski definition) is 1. The second-order valence-corrected chi connectivity index (χ2v) is 6.14. The Labute approximate surface area is 120 Å². The molecule has 1 saturated carbocycles. The standard InChI is InChI=1S/C17H21N3/c1-3-14-4-2-9-18-17(14)16(5-1)20-10-8-13(12-20)11-19-15-6-7-15/h1-5,9,13,15,19H,6-8,10-12H2. The summed E-state index contributed by atoms with van der Waals surface area (Å²) in [5.41, 5.74) is 2.45. The predicted octanol–water partition coefficient (Wildman–Crippen LogP) is 2.81. The Morgan fingerprint density at radius 3 is 2.95 bits per heavy atom. The maximum absolute atomic E-state index is 4.58. The van der Waals surface area contributed by atoms with Crippen molar-refractivity contribution in [2.75, 3.05) is 24.5 Å². The molecule has 2 fully saturated rings. The molecular weight excluding hydrogens is 246 g/mol. The number of hydrogen-bond acceptors (Lipinski definition) is 3. The topological polar surface area (TPSA) is 28.2 Å². The van der Waals surface area contributed by atoms with Crippen molar-refractivity contribution in [2.24, 2.45) is 5.92 Å². The Morgan fingerprint density at radius 2 is 2.05 bits per heavy atom. The molecule has 0 radical (unpaired) electrons. The summed E-state index contributed by atoms with van der Waals surface area (Å²) in [4.78, 5) is 7.09. The van der Waals surface area contributed by atoms with Crippen LogP contribution in [0.4, 0.5) is 5.69 Å². The van der Waals surface area contributed by atoms with E-state index in [0.29, 0.717) is 0 Å². The third-order valence-corrected chi connectivity index (χ3v) is 4.51. The second-order valence-electron chi connectivity index (χ2n) is 6.14. The highest BCUT2D eigenvalue weighted by Crippen LogP contribution is 2.29. The highest BCUT2D eigenvalue weighted by Gasteiger charge is 2.27. The lowest BCUT2D eigenvalue weighted by Gasteiger charge is -2.20. The zero-order chi connectivity index (χ0) is 13.4. The first kappa shape index (κ1) is 12.2. The van der Waals surface area contributed by atoms with Crippen LogP contribution in [0.5, 0.6) is 0 Å². The molecule has 0 bridgehead atoms. The van der Waals surface area contributed by atoms with Crippen LogP contribution in [-0.4, -0.2) is 30.7 Å². The van der Waals surface area contributed by atoms with Gasteiger partial charge in [-0.3, -0.25) is 4.98 Å². The molecule has 20 heavy (non-hydrogen) atoms. The van der Waals surface area contributed by atoms with Crippen molar-refractivity contribution < 1.29 is 0 Å². The van der Waals surface area contributed by atoms with Crippen LogP contribution in [0.2, 0.25) is 0 Å². The van der Waals surface area contributed by atoms with E-state index in [1.54, 1.807) is 0 Å². The molecule has 0 spiro atoms. The number of fused-ring (bicyclic) bond motifs is 1. The first-order valence-electron chi connectivity index (χ1n) is 7.72. The van der Waals surface area contributed by atoms with Crippen molar-refractivity contribution in [3.8, 4) is 0 Å². The Bertz CT molecular complexity index is 601. The Kier molecular flexibility index (Phi) is 3.07. The smallest absolute Gasteiger partial charge is 0.0935 e. The molecule has 3 nitrogen and oxygen atoms in total. The number of anilines is 1. The Morgan fingerprint density at radius 1 is 1.15 bits per heavy atom. The van der Waals surface area contributed by atoms with Crippen LogP contribution >= 0.6 is 0 Å². The maximum atomic E-state index is 4.58. The van der Waals surface area contributed by atoms with Gasteiger partial charge in [-0.05, 0) is 43.9 Å². The molecular formula is C17H21N3. The Balaban J connectivity index is 1.51. The van der Waals surface area contributed by atoms with Crippen molar-refractivity contribution in [3.05, 3.63) is 36.5 Å². The minimum Gasteiger partial charge on any atom is -0.369 e. The predicted molar refractivity (Wildman–Crippen MR) is 83.1 cm³/mol. The zero-order valence-corrected chi connectivity index (χ0v) is 11.8. The average Bonchev–Trinajstić information content (AvgIpc) is 3.21. The van der Waals surface area contributed by atoms with Crippen LogP contribution in [0, 0.1) is 5.92 Å². The molecule has 2 aliphatic rings. The van der Waals surface area contributed by atoms with E-state index in [0.717, 1.165) is 30.6 Å². The van der Waals surface area contributed by atoms with Gasteiger partial charge < -0.3 is 10.2 Å². The van der Waals surface area contributed by atoms with Gasteiger partial charge in [0.2, 0.25) is 0 Å². The minimum absolute atomic E-state index is 0.787. The van der Waals surface area contributed by atoms with E-state index in [1.807, 2.05) is 12.3 Å². The van der Waals surface area contributed by atoms with E-state index < -0.39 is 0 Å². The van der Waals surface area contributed by atoms with Crippen LogP contribution in [0.25, 0.3) is 10.9 Å². The van der Waals surface area contributed by atoms with Crippen LogP contribution in [0.1, 0.15) is 19.3 Å². The molecule has 2 aromatic rings. The van der Waals surface area contributed by atoms with Gasteiger partial charge in [0.15, 0.2) is 0 Å². The summed E-state index contributed by atoms with van der Waals surface area (Å²) in [7, 11) is 0. The molecule has 1 N–H and O–H groups in total. The second kappa shape index (κ2) is 5.06. The van der Waals surface area contributed by atoms with Gasteiger partial charge in [-0.15, -0.1) is 0 Å². The van der Waals surface area contributed by atoms with Gasteiger partial charge in [0.05, 0.1) is 11.2 Å². The summed E-state index contributed by atoms with van der Waals surface area (Å²) in [6, 6.07) is 11.5. The zero-order valence-electron chi connectivity index (χ0n) is 11.8. The highest BCUT2D eigenvalue weighted by atomic mass is 15.2. The summed E-state index contributed by atoms with van der Waals surface area (Å²) in [6.07, 6.45) is 5.95. The van der Waals surface area contributed by atoms with E-state index in [9.17, 15) is 0 Å². The number of nitrogens with one attached hydrogen (secondary N) is 1. The number of rotatable bonds is 4. The molecule has 104 valence electrons. The maximum Gasteiger partial charge on any atom is 0.0935 e. The molecule has 1 unspecified atom stereocenters. The van der Waals surface area contributed by atoms with Gasteiger partial charge in [-0.2, -0.15) is 0 Å². The lowest BCUT2D eigenvalue weighted by Crippen LogP contribution is -2.27. The molecule has 1 atom stereocenters. The first-order valence-corrected chi connectivity index (χ1v) is 7.72. The van der Waals surface area contributed by atoms with Crippen molar-refractivity contribution in [3.63, 3.8) is 0 Å². The quantitative estimate of drug-likeness (QED) is 0.923. The van der Waals surface area contributed by atoms with Gasteiger partial charge in [-0.1, -0.05) is 18.2 Å². The largest absolute Gasteiger partial charge is 0.369 e. The summed E-state index contributed by atoms with van der Waals surface area (Å²) < 4.78 is 0. The van der Waals surface area contributed by atoms with Gasteiger partial charge in [-0.25, -0.2) is 0 Å². The van der Waals surface area contributed by atoms with E-state index >= 15 is 0 Å². The molecule has 1 aliphatic carbocycles. The summed E-state index contributed by atoms with van der Waals surface area (Å²) >= 11 is 0. The fourth-order valence-electron chi connectivity index (χ4n) is 3.18. The highest BCUT2D eigenvalue weighted by molar-refractivity contribution is 5.90. The van der Waals surface area contributed by atoms with Crippen molar-refractivity contribution in [1.29, 1.82) is 0 Å². The molecule has 2 heterocycles. The van der Waals surface area contributed by atoms with Gasteiger partial charge >= 0.3 is 0 Å². The SMILES string of the molecule is c1cnc2c(N3CCC(CNC4CC4)C3)cccc2c1. The van der Waals surface area contributed by atoms with Gasteiger partial charge in [0.25, 0.3) is 0 Å². The van der Waals surface area contributed by atoms with E-state index in [-0.39, 0.29) is 0 Å². The molecule has 1 saturated heterocycles.